The van der Waals surface area contributed by atoms with Crippen molar-refractivity contribution in [3.63, 3.8) is 0 Å². The molecule has 184 valence electrons. The zero-order valence-corrected chi connectivity index (χ0v) is 21.0. The van der Waals surface area contributed by atoms with Crippen LogP contribution in [0.4, 0.5) is 4.79 Å². The molecule has 0 fully saturated rings. The number of carbonyl (C=O) groups excluding carboxylic acids is 2. The Bertz CT molecular complexity index is 1660. The van der Waals surface area contributed by atoms with E-state index in [9.17, 15) is 9.59 Å². The van der Waals surface area contributed by atoms with Crippen molar-refractivity contribution in [3.05, 3.63) is 109 Å². The molecule has 0 saturated carbocycles. The molecule has 0 unspecified atom stereocenters. The van der Waals surface area contributed by atoms with Gasteiger partial charge in [0.05, 0.1) is 16.7 Å². The standard InChI is InChI=1S/C32H27NO4/c1-21(22-12-6-5-7-13-22)30(34)36-29-28(25-19-18-23-14-8-9-15-24(23)20-25)26-16-10-11-17-27(26)33(29)31(35)37-32(2,3)4/h5-20H,1H2,2-4H3. The minimum Gasteiger partial charge on any atom is -0.443 e. The molecular formula is C32H27NO4. The number of para-hydroxylation sites is 1. The lowest BCUT2D eigenvalue weighted by atomic mass is 10.0. The Labute approximate surface area is 215 Å². The van der Waals surface area contributed by atoms with E-state index in [1.54, 1.807) is 32.9 Å². The summed E-state index contributed by atoms with van der Waals surface area (Å²) >= 11 is 0. The molecule has 0 aliphatic carbocycles. The molecule has 0 N–H and O–H groups in total. The van der Waals surface area contributed by atoms with Crippen LogP contribution in [0.5, 0.6) is 5.88 Å². The molecule has 37 heavy (non-hydrogen) atoms. The number of carbonyl (C=O) groups is 2. The molecule has 0 spiro atoms. The van der Waals surface area contributed by atoms with E-state index in [2.05, 4.69) is 6.58 Å². The van der Waals surface area contributed by atoms with Gasteiger partial charge in [0.1, 0.15) is 5.60 Å². The van der Waals surface area contributed by atoms with Crippen LogP contribution in [0, 0.1) is 0 Å². The van der Waals surface area contributed by atoms with Gasteiger partial charge in [0.2, 0.25) is 5.88 Å². The molecular weight excluding hydrogens is 462 g/mol. The number of hydrogen-bond acceptors (Lipinski definition) is 4. The first-order valence-electron chi connectivity index (χ1n) is 12.1. The number of benzene rings is 4. The highest BCUT2D eigenvalue weighted by molar-refractivity contribution is 6.17. The minimum atomic E-state index is -0.750. The molecule has 0 atom stereocenters. The van der Waals surface area contributed by atoms with Gasteiger partial charge in [0, 0.05) is 5.39 Å². The zero-order chi connectivity index (χ0) is 26.2. The van der Waals surface area contributed by atoms with Crippen LogP contribution in [0.3, 0.4) is 0 Å². The van der Waals surface area contributed by atoms with E-state index in [-0.39, 0.29) is 11.5 Å². The molecule has 0 aliphatic heterocycles. The zero-order valence-electron chi connectivity index (χ0n) is 21.0. The number of aromatic nitrogens is 1. The summed E-state index contributed by atoms with van der Waals surface area (Å²) in [5.74, 6) is -0.561. The van der Waals surface area contributed by atoms with Gasteiger partial charge >= 0.3 is 12.1 Å². The lowest BCUT2D eigenvalue weighted by Crippen LogP contribution is -2.28. The van der Waals surface area contributed by atoms with E-state index in [0.29, 0.717) is 16.6 Å². The Morgan fingerprint density at radius 3 is 2.16 bits per heavy atom. The highest BCUT2D eigenvalue weighted by Gasteiger charge is 2.29. The summed E-state index contributed by atoms with van der Waals surface area (Å²) in [7, 11) is 0. The molecule has 0 amide bonds. The number of rotatable bonds is 4. The summed E-state index contributed by atoms with van der Waals surface area (Å²) in [6.07, 6.45) is -0.635. The second-order valence-electron chi connectivity index (χ2n) is 9.81. The van der Waals surface area contributed by atoms with Gasteiger partial charge in [-0.25, -0.2) is 14.2 Å². The van der Waals surface area contributed by atoms with Crippen LogP contribution in [0.15, 0.2) is 104 Å². The van der Waals surface area contributed by atoms with Crippen LogP contribution < -0.4 is 4.74 Å². The van der Waals surface area contributed by atoms with Gasteiger partial charge < -0.3 is 9.47 Å². The summed E-state index contributed by atoms with van der Waals surface area (Å²) in [5.41, 5.74) is 2.09. The van der Waals surface area contributed by atoms with Crippen molar-refractivity contribution in [2.75, 3.05) is 0 Å². The molecule has 5 nitrogen and oxygen atoms in total. The van der Waals surface area contributed by atoms with Gasteiger partial charge in [-0.3, -0.25) is 0 Å². The van der Waals surface area contributed by atoms with Crippen molar-refractivity contribution in [3.8, 4) is 17.0 Å². The molecule has 0 saturated heterocycles. The predicted molar refractivity (Wildman–Crippen MR) is 148 cm³/mol. The summed E-state index contributed by atoms with van der Waals surface area (Å²) < 4.78 is 13.1. The Kier molecular flexibility index (Phi) is 6.14. The van der Waals surface area contributed by atoms with E-state index < -0.39 is 17.7 Å². The fourth-order valence-corrected chi connectivity index (χ4v) is 4.33. The average molecular weight is 490 g/mol. The topological polar surface area (TPSA) is 57.5 Å². The summed E-state index contributed by atoms with van der Waals surface area (Å²) in [6.45, 7) is 9.34. The average Bonchev–Trinajstić information content (AvgIpc) is 3.21. The molecule has 5 rings (SSSR count). The molecule has 4 aromatic carbocycles. The number of hydrogen-bond donors (Lipinski definition) is 0. The second kappa shape index (κ2) is 9.43. The van der Waals surface area contributed by atoms with Crippen LogP contribution >= 0.6 is 0 Å². The van der Waals surface area contributed by atoms with Crippen molar-refractivity contribution < 1.29 is 19.1 Å². The number of ether oxygens (including phenoxy) is 2. The van der Waals surface area contributed by atoms with Gasteiger partial charge in [-0.1, -0.05) is 91.5 Å². The van der Waals surface area contributed by atoms with E-state index in [1.165, 1.54) is 4.57 Å². The highest BCUT2D eigenvalue weighted by atomic mass is 16.6. The van der Waals surface area contributed by atoms with E-state index in [1.807, 2.05) is 84.9 Å². The molecule has 5 heteroatoms. The molecule has 5 aromatic rings. The Balaban J connectivity index is 1.73. The van der Waals surface area contributed by atoms with Crippen molar-refractivity contribution in [2.45, 2.75) is 26.4 Å². The third kappa shape index (κ3) is 4.76. The highest BCUT2D eigenvalue weighted by Crippen LogP contribution is 2.42. The predicted octanol–water partition coefficient (Wildman–Crippen LogP) is 7.86. The van der Waals surface area contributed by atoms with Crippen molar-refractivity contribution in [1.29, 1.82) is 0 Å². The van der Waals surface area contributed by atoms with Crippen LogP contribution in [0.2, 0.25) is 0 Å². The summed E-state index contributed by atoms with van der Waals surface area (Å²) in [5, 5.41) is 2.87. The van der Waals surface area contributed by atoms with Crippen LogP contribution in [-0.4, -0.2) is 22.2 Å². The lowest BCUT2D eigenvalue weighted by Gasteiger charge is -2.21. The van der Waals surface area contributed by atoms with Gasteiger partial charge in [0.25, 0.3) is 0 Å². The molecule has 0 bridgehead atoms. The van der Waals surface area contributed by atoms with Crippen LogP contribution in [-0.2, 0) is 9.53 Å². The monoisotopic (exact) mass is 489 g/mol. The van der Waals surface area contributed by atoms with Crippen molar-refractivity contribution >= 4 is 39.3 Å². The van der Waals surface area contributed by atoms with Crippen molar-refractivity contribution in [1.82, 2.24) is 4.57 Å². The maximum atomic E-state index is 13.5. The lowest BCUT2D eigenvalue weighted by molar-refractivity contribution is -0.128. The fraction of sp³-hybridized carbons (Fsp3) is 0.125. The van der Waals surface area contributed by atoms with Crippen LogP contribution in [0.25, 0.3) is 38.4 Å². The van der Waals surface area contributed by atoms with E-state index in [4.69, 9.17) is 9.47 Å². The number of fused-ring (bicyclic) bond motifs is 2. The third-order valence-electron chi connectivity index (χ3n) is 6.00. The fourth-order valence-electron chi connectivity index (χ4n) is 4.33. The minimum absolute atomic E-state index is 0.0906. The molecule has 1 heterocycles. The quantitative estimate of drug-likeness (QED) is 0.190. The van der Waals surface area contributed by atoms with E-state index in [0.717, 1.165) is 21.7 Å². The normalized spacial score (nSPS) is 11.4. The molecule has 1 aromatic heterocycles. The second-order valence-corrected chi connectivity index (χ2v) is 9.81. The maximum Gasteiger partial charge on any atom is 0.421 e. The van der Waals surface area contributed by atoms with Gasteiger partial charge in [-0.2, -0.15) is 0 Å². The first-order valence-corrected chi connectivity index (χ1v) is 12.1. The van der Waals surface area contributed by atoms with Crippen LogP contribution in [0.1, 0.15) is 26.3 Å². The summed E-state index contributed by atoms with van der Waals surface area (Å²) in [6, 6.07) is 30.6. The molecule has 0 radical (unpaired) electrons. The smallest absolute Gasteiger partial charge is 0.421 e. The largest absolute Gasteiger partial charge is 0.443 e. The Morgan fingerprint density at radius 1 is 0.784 bits per heavy atom. The van der Waals surface area contributed by atoms with Gasteiger partial charge in [0.15, 0.2) is 0 Å². The number of esters is 1. The van der Waals surface area contributed by atoms with Crippen molar-refractivity contribution in [2.24, 2.45) is 0 Å². The summed E-state index contributed by atoms with van der Waals surface area (Å²) in [4.78, 5) is 26.9. The van der Waals surface area contributed by atoms with E-state index >= 15 is 0 Å². The molecule has 0 aliphatic rings. The van der Waals surface area contributed by atoms with Gasteiger partial charge in [-0.05, 0) is 54.8 Å². The Morgan fingerprint density at radius 2 is 1.43 bits per heavy atom. The van der Waals surface area contributed by atoms with Gasteiger partial charge in [-0.15, -0.1) is 0 Å². The Hall–Kier alpha value is -4.64. The SMILES string of the molecule is C=C(C(=O)Oc1c(-c2ccc3ccccc3c2)c2ccccc2n1C(=O)OC(C)(C)C)c1ccccc1. The maximum absolute atomic E-state index is 13.5. The third-order valence-corrected chi connectivity index (χ3v) is 6.00. The first kappa shape index (κ1) is 24.1. The first-order chi connectivity index (χ1) is 17.7. The number of nitrogens with zero attached hydrogens (tertiary/aromatic N) is 1.